The van der Waals surface area contributed by atoms with Gasteiger partial charge in [0.1, 0.15) is 0 Å². The summed E-state index contributed by atoms with van der Waals surface area (Å²) in [4.78, 5) is 0. The molecule has 0 aliphatic heterocycles. The van der Waals surface area contributed by atoms with Gasteiger partial charge in [0.15, 0.2) is 0 Å². The molecule has 3 unspecified atom stereocenters. The molecule has 0 saturated heterocycles. The van der Waals surface area contributed by atoms with Crippen molar-refractivity contribution in [2.24, 2.45) is 11.8 Å². The zero-order chi connectivity index (χ0) is 12.7. The second-order valence-electron chi connectivity index (χ2n) is 5.66. The minimum atomic E-state index is -0.701. The van der Waals surface area contributed by atoms with Crippen LogP contribution >= 0.6 is 0 Å². The lowest BCUT2D eigenvalue weighted by atomic mass is 9.79. The highest BCUT2D eigenvalue weighted by Gasteiger charge is 2.37. The van der Waals surface area contributed by atoms with Gasteiger partial charge in [-0.25, -0.2) is 0 Å². The summed E-state index contributed by atoms with van der Waals surface area (Å²) >= 11 is 0. The standard InChI is InChI=1S/C15H27NO/c1-3-6-13-8-5-10-15(17,11-9-13)14(12-16)7-4-2/h13-14,17H,3-11H2,1-2H3. The van der Waals surface area contributed by atoms with Crippen molar-refractivity contribution in [1.29, 1.82) is 5.26 Å². The third-order valence-electron chi connectivity index (χ3n) is 4.29. The number of hydrogen-bond donors (Lipinski definition) is 1. The molecular formula is C15H27NO. The molecule has 0 aromatic carbocycles. The molecule has 1 fully saturated rings. The first-order valence-electron chi connectivity index (χ1n) is 7.28. The van der Waals surface area contributed by atoms with Crippen LogP contribution in [0.25, 0.3) is 0 Å². The molecule has 1 N–H and O–H groups in total. The average molecular weight is 237 g/mol. The van der Waals surface area contributed by atoms with Crippen LogP contribution in [-0.4, -0.2) is 10.7 Å². The lowest BCUT2D eigenvalue weighted by molar-refractivity contribution is -0.0158. The minimum Gasteiger partial charge on any atom is -0.389 e. The van der Waals surface area contributed by atoms with Crippen LogP contribution in [0.15, 0.2) is 0 Å². The summed E-state index contributed by atoms with van der Waals surface area (Å²) < 4.78 is 0. The van der Waals surface area contributed by atoms with Gasteiger partial charge in [-0.1, -0.05) is 46.0 Å². The van der Waals surface area contributed by atoms with Crippen LogP contribution in [0, 0.1) is 23.2 Å². The van der Waals surface area contributed by atoms with Gasteiger partial charge in [0.05, 0.1) is 17.6 Å². The van der Waals surface area contributed by atoms with Crippen LogP contribution in [0.1, 0.15) is 71.6 Å². The number of rotatable bonds is 5. The molecular weight excluding hydrogens is 210 g/mol. The molecule has 2 nitrogen and oxygen atoms in total. The van der Waals surface area contributed by atoms with E-state index < -0.39 is 5.60 Å². The summed E-state index contributed by atoms with van der Waals surface area (Å²) in [6.07, 6.45) is 9.42. The molecule has 0 heterocycles. The molecule has 0 radical (unpaired) electrons. The lowest BCUT2D eigenvalue weighted by Gasteiger charge is -2.31. The smallest absolute Gasteiger partial charge is 0.0805 e. The maximum atomic E-state index is 10.7. The largest absolute Gasteiger partial charge is 0.389 e. The van der Waals surface area contributed by atoms with Gasteiger partial charge < -0.3 is 5.11 Å². The molecule has 0 amide bonds. The zero-order valence-electron chi connectivity index (χ0n) is 11.4. The van der Waals surface area contributed by atoms with Crippen molar-refractivity contribution in [3.05, 3.63) is 0 Å². The van der Waals surface area contributed by atoms with E-state index in [2.05, 4.69) is 19.9 Å². The maximum absolute atomic E-state index is 10.7. The second kappa shape index (κ2) is 7.01. The van der Waals surface area contributed by atoms with E-state index in [1.807, 2.05) is 0 Å². The fraction of sp³-hybridized carbons (Fsp3) is 0.933. The molecule has 98 valence electrons. The van der Waals surface area contributed by atoms with Crippen molar-refractivity contribution in [1.82, 2.24) is 0 Å². The second-order valence-corrected chi connectivity index (χ2v) is 5.66. The molecule has 0 aromatic rings. The highest BCUT2D eigenvalue weighted by atomic mass is 16.3. The van der Waals surface area contributed by atoms with Crippen LogP contribution in [0.2, 0.25) is 0 Å². The molecule has 1 saturated carbocycles. The fourth-order valence-corrected chi connectivity index (χ4v) is 3.21. The first-order valence-corrected chi connectivity index (χ1v) is 7.28. The summed E-state index contributed by atoms with van der Waals surface area (Å²) in [5, 5.41) is 19.9. The highest BCUT2D eigenvalue weighted by molar-refractivity contribution is 4.99. The molecule has 0 bridgehead atoms. The highest BCUT2D eigenvalue weighted by Crippen LogP contribution is 2.38. The predicted molar refractivity (Wildman–Crippen MR) is 70.4 cm³/mol. The summed E-state index contributed by atoms with van der Waals surface area (Å²) in [5.41, 5.74) is -0.701. The normalized spacial score (nSPS) is 31.5. The number of aliphatic hydroxyl groups is 1. The van der Waals surface area contributed by atoms with E-state index in [9.17, 15) is 10.4 Å². The van der Waals surface area contributed by atoms with Crippen LogP contribution in [0.3, 0.4) is 0 Å². The van der Waals surface area contributed by atoms with E-state index in [0.29, 0.717) is 0 Å². The maximum Gasteiger partial charge on any atom is 0.0805 e. The molecule has 1 rings (SSSR count). The summed E-state index contributed by atoms with van der Waals surface area (Å²) in [5.74, 6) is 0.614. The van der Waals surface area contributed by atoms with Gasteiger partial charge in [-0.15, -0.1) is 0 Å². The Morgan fingerprint density at radius 1 is 1.29 bits per heavy atom. The number of hydrogen-bond acceptors (Lipinski definition) is 2. The van der Waals surface area contributed by atoms with E-state index in [1.165, 1.54) is 19.3 Å². The van der Waals surface area contributed by atoms with Gasteiger partial charge >= 0.3 is 0 Å². The Balaban J connectivity index is 2.61. The fourth-order valence-electron chi connectivity index (χ4n) is 3.21. The van der Waals surface area contributed by atoms with Crippen LogP contribution in [-0.2, 0) is 0 Å². The van der Waals surface area contributed by atoms with E-state index in [-0.39, 0.29) is 5.92 Å². The van der Waals surface area contributed by atoms with Crippen LogP contribution < -0.4 is 0 Å². The Labute approximate surface area is 106 Å². The molecule has 0 aromatic heterocycles. The quantitative estimate of drug-likeness (QED) is 0.733. The Morgan fingerprint density at radius 2 is 2.06 bits per heavy atom. The molecule has 2 heteroatoms. The Hall–Kier alpha value is -0.550. The SMILES string of the molecule is CCCC1CCCC(O)(C(C#N)CCC)CC1. The van der Waals surface area contributed by atoms with Gasteiger partial charge in [-0.3, -0.25) is 0 Å². The molecule has 17 heavy (non-hydrogen) atoms. The average Bonchev–Trinajstić information content (AvgIpc) is 2.50. The molecule has 1 aliphatic carbocycles. The van der Waals surface area contributed by atoms with Gasteiger partial charge in [-0.05, 0) is 31.6 Å². The number of nitrogens with zero attached hydrogens (tertiary/aromatic N) is 1. The van der Waals surface area contributed by atoms with E-state index in [0.717, 1.165) is 44.4 Å². The van der Waals surface area contributed by atoms with E-state index in [1.54, 1.807) is 0 Å². The van der Waals surface area contributed by atoms with Gasteiger partial charge in [0.25, 0.3) is 0 Å². The predicted octanol–water partition coefficient (Wildman–Crippen LogP) is 4.04. The van der Waals surface area contributed by atoms with E-state index in [4.69, 9.17) is 0 Å². The van der Waals surface area contributed by atoms with Crippen LogP contribution in [0.4, 0.5) is 0 Å². The monoisotopic (exact) mass is 237 g/mol. The summed E-state index contributed by atoms with van der Waals surface area (Å²) in [6.45, 7) is 4.32. The van der Waals surface area contributed by atoms with Crippen molar-refractivity contribution in [2.75, 3.05) is 0 Å². The molecule has 3 atom stereocenters. The minimum absolute atomic E-state index is 0.159. The van der Waals surface area contributed by atoms with Crippen LogP contribution in [0.5, 0.6) is 0 Å². The van der Waals surface area contributed by atoms with E-state index >= 15 is 0 Å². The van der Waals surface area contributed by atoms with Crippen molar-refractivity contribution >= 4 is 0 Å². The Morgan fingerprint density at radius 3 is 2.65 bits per heavy atom. The van der Waals surface area contributed by atoms with Crippen molar-refractivity contribution < 1.29 is 5.11 Å². The van der Waals surface area contributed by atoms with Gasteiger partial charge in [0.2, 0.25) is 0 Å². The Kier molecular flexibility index (Phi) is 5.98. The first kappa shape index (κ1) is 14.5. The summed E-state index contributed by atoms with van der Waals surface area (Å²) in [7, 11) is 0. The van der Waals surface area contributed by atoms with Gasteiger partial charge in [-0.2, -0.15) is 5.26 Å². The number of nitriles is 1. The topological polar surface area (TPSA) is 44.0 Å². The van der Waals surface area contributed by atoms with Crippen molar-refractivity contribution in [2.45, 2.75) is 77.2 Å². The molecule has 1 aliphatic rings. The zero-order valence-corrected chi connectivity index (χ0v) is 11.4. The first-order chi connectivity index (χ1) is 8.16. The lowest BCUT2D eigenvalue weighted by Crippen LogP contribution is -2.36. The molecule has 0 spiro atoms. The Bertz CT molecular complexity index is 258. The van der Waals surface area contributed by atoms with Crippen molar-refractivity contribution in [3.8, 4) is 6.07 Å². The summed E-state index contributed by atoms with van der Waals surface area (Å²) in [6, 6.07) is 2.34. The van der Waals surface area contributed by atoms with Crippen molar-refractivity contribution in [3.63, 3.8) is 0 Å². The third kappa shape index (κ3) is 4.00. The third-order valence-corrected chi connectivity index (χ3v) is 4.29. The van der Waals surface area contributed by atoms with Gasteiger partial charge in [0, 0.05) is 0 Å².